The minimum Gasteiger partial charge on any atom is -0.369 e. The first kappa shape index (κ1) is 16.9. The summed E-state index contributed by atoms with van der Waals surface area (Å²) in [5.41, 5.74) is 6.86. The Labute approximate surface area is 145 Å². The minimum atomic E-state index is -0.550. The molecule has 1 aromatic heterocycles. The topological polar surface area (TPSA) is 104 Å². The Balaban J connectivity index is 2.20. The highest BCUT2D eigenvalue weighted by Gasteiger charge is 2.20. The maximum Gasteiger partial charge on any atom is 0.271 e. The normalized spacial score (nSPS) is 12.2. The fourth-order valence-corrected chi connectivity index (χ4v) is 3.19. The Bertz CT molecular complexity index is 971. The molecule has 9 heteroatoms. The van der Waals surface area contributed by atoms with Gasteiger partial charge in [0.15, 0.2) is 5.16 Å². The van der Waals surface area contributed by atoms with E-state index in [0.717, 1.165) is 11.8 Å². The molecule has 0 unspecified atom stereocenters. The number of hydrogen-bond donors (Lipinski definition) is 1. The second-order valence-electron chi connectivity index (χ2n) is 5.30. The van der Waals surface area contributed by atoms with Gasteiger partial charge in [0.2, 0.25) is 5.91 Å². The second-order valence-corrected chi connectivity index (χ2v) is 6.61. The van der Waals surface area contributed by atoms with Crippen molar-refractivity contribution in [3.05, 3.63) is 58.4 Å². The number of nitro groups is 1. The van der Waals surface area contributed by atoms with E-state index in [0.29, 0.717) is 21.9 Å². The molecule has 3 rings (SSSR count). The smallest absolute Gasteiger partial charge is 0.271 e. The standard InChI is InChI=1S/C16H13FN4O3S/c1-9(15(18)22)25-16-19-13-8-12(21(23)24)6-7-14(13)20(16)11-4-2-10(17)3-5-11/h2-9H,1H3,(H2,18,22)/t9-/m1/s1. The lowest BCUT2D eigenvalue weighted by Gasteiger charge is -2.11. The molecule has 2 aromatic carbocycles. The van der Waals surface area contributed by atoms with Crippen molar-refractivity contribution in [3.8, 4) is 5.69 Å². The Hall–Kier alpha value is -2.94. The van der Waals surface area contributed by atoms with E-state index >= 15 is 0 Å². The van der Waals surface area contributed by atoms with E-state index in [1.807, 2.05) is 0 Å². The quantitative estimate of drug-likeness (QED) is 0.428. The Morgan fingerprint density at radius 1 is 1.32 bits per heavy atom. The van der Waals surface area contributed by atoms with Gasteiger partial charge < -0.3 is 5.73 Å². The number of aromatic nitrogens is 2. The molecule has 2 N–H and O–H groups in total. The molecule has 3 aromatic rings. The van der Waals surface area contributed by atoms with Gasteiger partial charge in [-0.1, -0.05) is 11.8 Å². The zero-order valence-corrected chi connectivity index (χ0v) is 13.9. The van der Waals surface area contributed by atoms with Gasteiger partial charge in [-0.3, -0.25) is 19.5 Å². The predicted molar refractivity (Wildman–Crippen MR) is 92.2 cm³/mol. The van der Waals surface area contributed by atoms with E-state index in [1.54, 1.807) is 29.7 Å². The van der Waals surface area contributed by atoms with Gasteiger partial charge in [-0.2, -0.15) is 0 Å². The lowest BCUT2D eigenvalue weighted by atomic mass is 10.2. The number of thioether (sulfide) groups is 1. The van der Waals surface area contributed by atoms with Crippen molar-refractivity contribution in [1.82, 2.24) is 9.55 Å². The number of rotatable bonds is 5. The van der Waals surface area contributed by atoms with E-state index in [-0.39, 0.29) is 11.5 Å². The zero-order chi connectivity index (χ0) is 18.1. The SMILES string of the molecule is C[C@@H](Sc1nc2cc([N+](=O)[O-])ccc2n1-c1ccc(F)cc1)C(N)=O. The van der Waals surface area contributed by atoms with Gasteiger partial charge >= 0.3 is 0 Å². The molecule has 0 aliphatic heterocycles. The van der Waals surface area contributed by atoms with Crippen LogP contribution >= 0.6 is 11.8 Å². The maximum absolute atomic E-state index is 13.2. The number of nitrogens with two attached hydrogens (primary N) is 1. The number of fused-ring (bicyclic) bond motifs is 1. The number of nitrogens with zero attached hydrogens (tertiary/aromatic N) is 3. The Morgan fingerprint density at radius 3 is 2.60 bits per heavy atom. The highest BCUT2D eigenvalue weighted by molar-refractivity contribution is 8.00. The molecule has 0 fully saturated rings. The number of amides is 1. The van der Waals surface area contributed by atoms with Gasteiger partial charge in [-0.15, -0.1) is 0 Å². The van der Waals surface area contributed by atoms with Crippen molar-refractivity contribution in [1.29, 1.82) is 0 Å². The third-order valence-electron chi connectivity index (χ3n) is 3.59. The van der Waals surface area contributed by atoms with Gasteiger partial charge in [0.1, 0.15) is 5.82 Å². The summed E-state index contributed by atoms with van der Waals surface area (Å²) in [4.78, 5) is 26.2. The summed E-state index contributed by atoms with van der Waals surface area (Å²) in [5, 5.41) is 10.9. The third-order valence-corrected chi connectivity index (χ3v) is 4.66. The number of non-ortho nitro benzene ring substituents is 1. The molecule has 1 atom stereocenters. The predicted octanol–water partition coefficient (Wildman–Crippen LogP) is 3.04. The summed E-state index contributed by atoms with van der Waals surface area (Å²) in [6.45, 7) is 1.64. The molecule has 0 spiro atoms. The summed E-state index contributed by atoms with van der Waals surface area (Å²) in [6, 6.07) is 10.0. The number of carbonyl (C=O) groups excluding carboxylic acids is 1. The number of hydrogen-bond acceptors (Lipinski definition) is 5. The highest BCUT2D eigenvalue weighted by Crippen LogP contribution is 2.32. The van der Waals surface area contributed by atoms with Crippen molar-refractivity contribution in [2.45, 2.75) is 17.3 Å². The van der Waals surface area contributed by atoms with Crippen LogP contribution in [0.1, 0.15) is 6.92 Å². The van der Waals surface area contributed by atoms with Crippen LogP contribution in [-0.2, 0) is 4.79 Å². The molecule has 25 heavy (non-hydrogen) atoms. The maximum atomic E-state index is 13.2. The van der Waals surface area contributed by atoms with Crippen LogP contribution in [0.15, 0.2) is 47.6 Å². The molecular weight excluding hydrogens is 347 g/mol. The third kappa shape index (κ3) is 3.31. The van der Waals surface area contributed by atoms with Crippen LogP contribution in [0.4, 0.5) is 10.1 Å². The van der Waals surface area contributed by atoms with Crippen LogP contribution in [-0.4, -0.2) is 25.6 Å². The first-order valence-corrected chi connectivity index (χ1v) is 8.13. The first-order valence-electron chi connectivity index (χ1n) is 7.25. The molecule has 0 aliphatic rings. The average Bonchev–Trinajstić information content (AvgIpc) is 2.92. The number of primary amides is 1. The van der Waals surface area contributed by atoms with Crippen LogP contribution in [0.25, 0.3) is 16.7 Å². The largest absolute Gasteiger partial charge is 0.369 e. The molecular formula is C16H13FN4O3S. The zero-order valence-electron chi connectivity index (χ0n) is 13.0. The van der Waals surface area contributed by atoms with E-state index in [2.05, 4.69) is 4.98 Å². The fraction of sp³-hybridized carbons (Fsp3) is 0.125. The van der Waals surface area contributed by atoms with E-state index in [4.69, 9.17) is 5.73 Å². The molecule has 0 aliphatic carbocycles. The number of imidazole rings is 1. The van der Waals surface area contributed by atoms with E-state index in [1.165, 1.54) is 24.3 Å². The summed E-state index contributed by atoms with van der Waals surface area (Å²) >= 11 is 1.13. The lowest BCUT2D eigenvalue weighted by Crippen LogP contribution is -2.23. The molecule has 0 bridgehead atoms. The van der Waals surface area contributed by atoms with E-state index in [9.17, 15) is 19.3 Å². The minimum absolute atomic E-state index is 0.0873. The van der Waals surface area contributed by atoms with Crippen LogP contribution in [0.2, 0.25) is 0 Å². The highest BCUT2D eigenvalue weighted by atomic mass is 32.2. The number of benzene rings is 2. The van der Waals surface area contributed by atoms with Gasteiger partial charge in [-0.05, 0) is 37.3 Å². The second kappa shape index (κ2) is 6.52. The number of nitro benzene ring substituents is 1. The van der Waals surface area contributed by atoms with Gasteiger partial charge in [0, 0.05) is 17.8 Å². The van der Waals surface area contributed by atoms with Crippen molar-refractivity contribution in [3.63, 3.8) is 0 Å². The van der Waals surface area contributed by atoms with Crippen LogP contribution in [0.5, 0.6) is 0 Å². The van der Waals surface area contributed by atoms with Crippen molar-refractivity contribution >= 4 is 34.4 Å². The van der Waals surface area contributed by atoms with Crippen molar-refractivity contribution < 1.29 is 14.1 Å². The molecule has 1 heterocycles. The lowest BCUT2D eigenvalue weighted by molar-refractivity contribution is -0.384. The fourth-order valence-electron chi connectivity index (χ4n) is 2.30. The van der Waals surface area contributed by atoms with Crippen molar-refractivity contribution in [2.24, 2.45) is 5.73 Å². The van der Waals surface area contributed by atoms with Crippen LogP contribution < -0.4 is 5.73 Å². The van der Waals surface area contributed by atoms with Gasteiger partial charge in [-0.25, -0.2) is 9.37 Å². The first-order chi connectivity index (χ1) is 11.9. The molecule has 0 radical (unpaired) electrons. The monoisotopic (exact) mass is 360 g/mol. The average molecular weight is 360 g/mol. The van der Waals surface area contributed by atoms with Gasteiger partial charge in [0.05, 0.1) is 21.2 Å². The Kier molecular flexibility index (Phi) is 4.41. The summed E-state index contributed by atoms with van der Waals surface area (Å²) < 4.78 is 14.9. The van der Waals surface area contributed by atoms with Crippen LogP contribution in [0, 0.1) is 15.9 Å². The van der Waals surface area contributed by atoms with E-state index < -0.39 is 16.1 Å². The molecule has 1 amide bonds. The molecule has 7 nitrogen and oxygen atoms in total. The Morgan fingerprint density at radius 2 is 2.00 bits per heavy atom. The van der Waals surface area contributed by atoms with Crippen molar-refractivity contribution in [2.75, 3.05) is 0 Å². The molecule has 0 saturated carbocycles. The molecule has 128 valence electrons. The van der Waals surface area contributed by atoms with Crippen LogP contribution in [0.3, 0.4) is 0 Å². The number of carbonyl (C=O) groups is 1. The summed E-state index contributed by atoms with van der Waals surface area (Å²) in [5.74, 6) is -0.891. The number of halogens is 1. The summed E-state index contributed by atoms with van der Waals surface area (Å²) in [6.07, 6.45) is 0. The van der Waals surface area contributed by atoms with Gasteiger partial charge in [0.25, 0.3) is 5.69 Å². The summed E-state index contributed by atoms with van der Waals surface area (Å²) in [7, 11) is 0. The molecule has 0 saturated heterocycles.